The Morgan fingerprint density at radius 2 is 1.81 bits per heavy atom. The van der Waals surface area contributed by atoms with Crippen molar-refractivity contribution in [2.24, 2.45) is 0 Å². The zero-order valence-electron chi connectivity index (χ0n) is 8.31. The molecule has 2 rings (SSSR count). The number of benzene rings is 1. The molecule has 0 N–H and O–H groups in total. The average molecular weight is 204 g/mol. The Balaban J connectivity index is 2.74. The van der Waals surface area contributed by atoms with Crippen molar-refractivity contribution in [3.63, 3.8) is 0 Å². The molecule has 0 fully saturated rings. The number of pyridine rings is 1. The fourth-order valence-corrected chi connectivity index (χ4v) is 1.48. The molecule has 0 unspecified atom stereocenters. The Bertz CT molecular complexity index is 557. The molecular formula is C13H6N3. The molecule has 0 aliphatic carbocycles. The van der Waals surface area contributed by atoms with Gasteiger partial charge in [0.2, 0.25) is 0 Å². The molecule has 0 bridgehead atoms. The van der Waals surface area contributed by atoms with E-state index in [2.05, 4.69) is 23.2 Å². The Morgan fingerprint density at radius 1 is 1.12 bits per heavy atom. The predicted octanol–water partition coefficient (Wildman–Crippen LogP) is 2.29. The first-order chi connectivity index (χ1) is 7.86. The van der Waals surface area contributed by atoms with E-state index in [0.29, 0.717) is 22.4 Å². The van der Waals surface area contributed by atoms with Crippen LogP contribution in [-0.4, -0.2) is 4.98 Å². The first kappa shape index (κ1) is 9.89. The first-order valence-electron chi connectivity index (χ1n) is 4.62. The summed E-state index contributed by atoms with van der Waals surface area (Å²) in [5, 5.41) is 18.0. The van der Waals surface area contributed by atoms with Crippen LogP contribution in [0, 0.1) is 28.7 Å². The summed E-state index contributed by atoms with van der Waals surface area (Å²) in [6.45, 7) is 0. The molecule has 0 saturated carbocycles. The van der Waals surface area contributed by atoms with Gasteiger partial charge in [-0.3, -0.25) is 4.98 Å². The van der Waals surface area contributed by atoms with Crippen LogP contribution in [-0.2, 0) is 0 Å². The molecule has 16 heavy (non-hydrogen) atoms. The van der Waals surface area contributed by atoms with E-state index in [9.17, 15) is 0 Å². The zero-order chi connectivity index (χ0) is 11.4. The van der Waals surface area contributed by atoms with E-state index >= 15 is 0 Å². The molecule has 0 aliphatic heterocycles. The summed E-state index contributed by atoms with van der Waals surface area (Å²) in [5.41, 5.74) is 2.07. The maximum Gasteiger partial charge on any atom is 0.0999 e. The van der Waals surface area contributed by atoms with Crippen molar-refractivity contribution in [1.82, 2.24) is 4.98 Å². The van der Waals surface area contributed by atoms with Crippen LogP contribution in [0.2, 0.25) is 0 Å². The molecule has 3 heteroatoms. The quantitative estimate of drug-likeness (QED) is 0.716. The molecule has 0 amide bonds. The van der Waals surface area contributed by atoms with Crippen LogP contribution in [0.4, 0.5) is 0 Å². The third kappa shape index (κ3) is 1.63. The lowest BCUT2D eigenvalue weighted by molar-refractivity contribution is 1.31. The number of rotatable bonds is 1. The molecule has 2 aromatic rings. The lowest BCUT2D eigenvalue weighted by atomic mass is 9.99. The molecule has 1 radical (unpaired) electrons. The van der Waals surface area contributed by atoms with Crippen LogP contribution in [0.3, 0.4) is 0 Å². The van der Waals surface area contributed by atoms with Crippen molar-refractivity contribution in [2.45, 2.75) is 0 Å². The molecule has 1 aromatic heterocycles. The highest BCUT2D eigenvalue weighted by Crippen LogP contribution is 2.24. The largest absolute Gasteiger partial charge is 0.256 e. The van der Waals surface area contributed by atoms with E-state index in [0.717, 1.165) is 0 Å². The van der Waals surface area contributed by atoms with Gasteiger partial charge in [-0.15, -0.1) is 0 Å². The van der Waals surface area contributed by atoms with E-state index in [-0.39, 0.29) is 0 Å². The van der Waals surface area contributed by atoms with Gasteiger partial charge in [0.05, 0.1) is 29.0 Å². The maximum absolute atomic E-state index is 9.00. The smallest absolute Gasteiger partial charge is 0.0999 e. The standard InChI is InChI=1S/C13H6N3/c14-8-10-4-3-5-11(9-15)13(10)12-6-1-2-7-16-12/h2-7H. The lowest BCUT2D eigenvalue weighted by Gasteiger charge is -2.04. The third-order valence-corrected chi connectivity index (χ3v) is 2.17. The molecule has 0 spiro atoms. The van der Waals surface area contributed by atoms with Crippen molar-refractivity contribution >= 4 is 0 Å². The first-order valence-corrected chi connectivity index (χ1v) is 4.62. The Hall–Kier alpha value is -2.65. The van der Waals surface area contributed by atoms with Gasteiger partial charge in [0, 0.05) is 11.8 Å². The number of hydrogen-bond acceptors (Lipinski definition) is 3. The molecule has 3 nitrogen and oxygen atoms in total. The second kappa shape index (κ2) is 4.25. The van der Waals surface area contributed by atoms with Crippen molar-refractivity contribution in [3.8, 4) is 23.4 Å². The Morgan fingerprint density at radius 3 is 2.31 bits per heavy atom. The minimum Gasteiger partial charge on any atom is -0.256 e. The van der Waals surface area contributed by atoms with Crippen LogP contribution in [0.5, 0.6) is 0 Å². The van der Waals surface area contributed by atoms with Crippen LogP contribution in [0.25, 0.3) is 11.3 Å². The number of aromatic nitrogens is 1. The fraction of sp³-hybridized carbons (Fsp3) is 0. The fourth-order valence-electron chi connectivity index (χ4n) is 1.48. The molecule has 1 aromatic carbocycles. The van der Waals surface area contributed by atoms with E-state index in [1.165, 1.54) is 0 Å². The monoisotopic (exact) mass is 204 g/mol. The topological polar surface area (TPSA) is 60.5 Å². The van der Waals surface area contributed by atoms with Gasteiger partial charge in [-0.1, -0.05) is 6.07 Å². The summed E-state index contributed by atoms with van der Waals surface area (Å²) < 4.78 is 0. The van der Waals surface area contributed by atoms with Crippen LogP contribution in [0.15, 0.2) is 36.5 Å². The highest BCUT2D eigenvalue weighted by Gasteiger charge is 2.10. The van der Waals surface area contributed by atoms with Crippen LogP contribution >= 0.6 is 0 Å². The van der Waals surface area contributed by atoms with Gasteiger partial charge in [-0.05, 0) is 30.3 Å². The van der Waals surface area contributed by atoms with Gasteiger partial charge in [0.1, 0.15) is 0 Å². The SMILES string of the molecule is N#Cc1cccc(C#N)c1-c1c[c]ccn1. The summed E-state index contributed by atoms with van der Waals surface area (Å²) in [5.74, 6) is 0. The summed E-state index contributed by atoms with van der Waals surface area (Å²) in [6.07, 6.45) is 1.59. The highest BCUT2D eigenvalue weighted by atomic mass is 14.7. The average Bonchev–Trinajstić information content (AvgIpc) is 2.38. The molecule has 0 atom stereocenters. The number of hydrogen-bond donors (Lipinski definition) is 0. The summed E-state index contributed by atoms with van der Waals surface area (Å²) in [6, 6.07) is 15.4. The molecule has 0 aliphatic rings. The maximum atomic E-state index is 9.00. The Labute approximate surface area is 93.2 Å². The molecular weight excluding hydrogens is 198 g/mol. The van der Waals surface area contributed by atoms with Crippen LogP contribution < -0.4 is 0 Å². The number of nitrogens with zero attached hydrogens (tertiary/aromatic N) is 3. The van der Waals surface area contributed by atoms with Gasteiger partial charge >= 0.3 is 0 Å². The molecule has 1 heterocycles. The third-order valence-electron chi connectivity index (χ3n) is 2.17. The predicted molar refractivity (Wildman–Crippen MR) is 57.9 cm³/mol. The second-order valence-electron chi connectivity index (χ2n) is 3.09. The minimum absolute atomic E-state index is 0.450. The van der Waals surface area contributed by atoms with E-state index in [1.54, 1.807) is 36.5 Å². The summed E-state index contributed by atoms with van der Waals surface area (Å²) >= 11 is 0. The summed E-state index contributed by atoms with van der Waals surface area (Å²) in [4.78, 5) is 4.13. The van der Waals surface area contributed by atoms with Gasteiger partial charge in [0.15, 0.2) is 0 Å². The van der Waals surface area contributed by atoms with Gasteiger partial charge in [-0.2, -0.15) is 10.5 Å². The van der Waals surface area contributed by atoms with Gasteiger partial charge in [-0.25, -0.2) is 0 Å². The van der Waals surface area contributed by atoms with Crippen molar-refractivity contribution in [3.05, 3.63) is 53.7 Å². The lowest BCUT2D eigenvalue weighted by Crippen LogP contribution is -1.91. The molecule has 73 valence electrons. The van der Waals surface area contributed by atoms with E-state index in [1.807, 2.05) is 0 Å². The molecule has 0 saturated heterocycles. The second-order valence-corrected chi connectivity index (χ2v) is 3.09. The van der Waals surface area contributed by atoms with Crippen molar-refractivity contribution in [2.75, 3.05) is 0 Å². The van der Waals surface area contributed by atoms with Crippen molar-refractivity contribution in [1.29, 1.82) is 10.5 Å². The van der Waals surface area contributed by atoms with Gasteiger partial charge in [0.25, 0.3) is 0 Å². The highest BCUT2D eigenvalue weighted by molar-refractivity contribution is 5.73. The Kier molecular flexibility index (Phi) is 2.63. The van der Waals surface area contributed by atoms with Crippen LogP contribution in [0.1, 0.15) is 11.1 Å². The summed E-state index contributed by atoms with van der Waals surface area (Å²) in [7, 11) is 0. The van der Waals surface area contributed by atoms with E-state index < -0.39 is 0 Å². The van der Waals surface area contributed by atoms with E-state index in [4.69, 9.17) is 10.5 Å². The zero-order valence-corrected chi connectivity index (χ0v) is 8.31. The van der Waals surface area contributed by atoms with Gasteiger partial charge < -0.3 is 0 Å². The number of nitriles is 2. The van der Waals surface area contributed by atoms with Crippen molar-refractivity contribution < 1.29 is 0 Å². The normalized spacial score (nSPS) is 9.12. The minimum atomic E-state index is 0.450.